The Kier molecular flexibility index (Phi) is 4.97. The zero-order valence-electron chi connectivity index (χ0n) is 9.66. The van der Waals surface area contributed by atoms with Gasteiger partial charge < -0.3 is 9.47 Å². The van der Waals surface area contributed by atoms with E-state index in [1.165, 1.54) is 14.2 Å². The molecule has 4 nitrogen and oxygen atoms in total. The van der Waals surface area contributed by atoms with E-state index in [4.69, 9.17) is 21.1 Å². The predicted molar refractivity (Wildman–Crippen MR) is 64.2 cm³/mol. The molecule has 17 heavy (non-hydrogen) atoms. The summed E-state index contributed by atoms with van der Waals surface area (Å²) < 4.78 is 10.1. The van der Waals surface area contributed by atoms with Crippen LogP contribution in [0.25, 0.3) is 0 Å². The van der Waals surface area contributed by atoms with E-state index in [2.05, 4.69) is 0 Å². The van der Waals surface area contributed by atoms with Crippen molar-refractivity contribution in [2.45, 2.75) is 6.42 Å². The third-order valence-electron chi connectivity index (χ3n) is 2.21. The van der Waals surface area contributed by atoms with Gasteiger partial charge in [-0.25, -0.2) is 0 Å². The summed E-state index contributed by atoms with van der Waals surface area (Å²) in [6, 6.07) is 4.85. The van der Waals surface area contributed by atoms with E-state index in [0.29, 0.717) is 17.1 Å². The van der Waals surface area contributed by atoms with Crippen molar-refractivity contribution in [2.24, 2.45) is 0 Å². The number of halogens is 1. The number of ether oxygens (including phenoxy) is 2. The average molecular weight is 257 g/mol. The molecule has 0 unspecified atom stereocenters. The Morgan fingerprint density at radius 2 is 1.94 bits per heavy atom. The van der Waals surface area contributed by atoms with Crippen LogP contribution in [-0.4, -0.2) is 31.7 Å². The second kappa shape index (κ2) is 6.25. The lowest BCUT2D eigenvalue weighted by Gasteiger charge is -2.08. The van der Waals surface area contributed by atoms with Crippen LogP contribution in [0.2, 0.25) is 0 Å². The molecule has 0 atom stereocenters. The average Bonchev–Trinajstić information content (AvgIpc) is 2.37. The minimum Gasteiger partial charge on any atom is -0.497 e. The number of carbonyl (C=O) groups is 2. The Morgan fingerprint density at radius 1 is 1.24 bits per heavy atom. The number of alkyl halides is 1. The molecule has 0 saturated heterocycles. The van der Waals surface area contributed by atoms with Crippen molar-refractivity contribution < 1.29 is 19.1 Å². The van der Waals surface area contributed by atoms with Crippen LogP contribution in [0.5, 0.6) is 11.5 Å². The van der Waals surface area contributed by atoms with Crippen molar-refractivity contribution >= 4 is 23.2 Å². The van der Waals surface area contributed by atoms with E-state index in [0.717, 1.165) is 0 Å². The van der Waals surface area contributed by atoms with Crippen LogP contribution in [-0.2, 0) is 4.79 Å². The fraction of sp³-hybridized carbons (Fsp3) is 0.333. The van der Waals surface area contributed by atoms with Gasteiger partial charge in [-0.2, -0.15) is 0 Å². The molecular weight excluding hydrogens is 244 g/mol. The molecule has 0 N–H and O–H groups in total. The van der Waals surface area contributed by atoms with Crippen molar-refractivity contribution in [1.29, 1.82) is 0 Å². The van der Waals surface area contributed by atoms with Gasteiger partial charge in [-0.1, -0.05) is 0 Å². The van der Waals surface area contributed by atoms with Crippen LogP contribution in [0.4, 0.5) is 0 Å². The summed E-state index contributed by atoms with van der Waals surface area (Å²) in [5.41, 5.74) is 0.324. The number of hydrogen-bond acceptors (Lipinski definition) is 4. The summed E-state index contributed by atoms with van der Waals surface area (Å²) in [6.07, 6.45) is -0.229. The van der Waals surface area contributed by atoms with Gasteiger partial charge in [0, 0.05) is 0 Å². The van der Waals surface area contributed by atoms with E-state index in [1.807, 2.05) is 0 Å². The summed E-state index contributed by atoms with van der Waals surface area (Å²) in [7, 11) is 2.96. The summed E-state index contributed by atoms with van der Waals surface area (Å²) >= 11 is 5.36. The zero-order valence-corrected chi connectivity index (χ0v) is 10.4. The lowest BCUT2D eigenvalue weighted by Crippen LogP contribution is -2.10. The van der Waals surface area contributed by atoms with Gasteiger partial charge in [0.05, 0.1) is 32.1 Å². The van der Waals surface area contributed by atoms with Crippen molar-refractivity contribution in [3.8, 4) is 11.5 Å². The molecule has 0 aliphatic carbocycles. The Labute approximate surface area is 104 Å². The molecule has 0 bridgehead atoms. The minimum absolute atomic E-state index is 0.169. The molecule has 0 spiro atoms. The van der Waals surface area contributed by atoms with Crippen LogP contribution < -0.4 is 9.47 Å². The molecule has 1 aromatic carbocycles. The fourth-order valence-corrected chi connectivity index (χ4v) is 1.45. The maximum absolute atomic E-state index is 11.8. The Balaban J connectivity index is 3.01. The largest absolute Gasteiger partial charge is 0.497 e. The molecular formula is C12H13ClO4. The maximum atomic E-state index is 11.8. The molecule has 0 aromatic heterocycles. The second-order valence-electron chi connectivity index (χ2n) is 3.34. The molecule has 0 aliphatic rings. The van der Waals surface area contributed by atoms with Crippen molar-refractivity contribution in [3.63, 3.8) is 0 Å². The molecule has 1 rings (SSSR count). The zero-order chi connectivity index (χ0) is 12.8. The normalized spacial score (nSPS) is 9.82. The highest BCUT2D eigenvalue weighted by molar-refractivity contribution is 6.29. The summed E-state index contributed by atoms with van der Waals surface area (Å²) in [5.74, 6) is 0.136. The van der Waals surface area contributed by atoms with Gasteiger partial charge in [0.15, 0.2) is 11.6 Å². The predicted octanol–water partition coefficient (Wildman–Crippen LogP) is 2.08. The van der Waals surface area contributed by atoms with Crippen LogP contribution in [0.3, 0.4) is 0 Å². The first kappa shape index (κ1) is 13.5. The molecule has 0 aliphatic heterocycles. The molecule has 0 amide bonds. The van der Waals surface area contributed by atoms with E-state index in [1.54, 1.807) is 18.2 Å². The number of Topliss-reactive ketones (excluding diaryl/α,β-unsaturated/α-hetero) is 2. The number of methoxy groups -OCH3 is 2. The van der Waals surface area contributed by atoms with E-state index in [9.17, 15) is 9.59 Å². The van der Waals surface area contributed by atoms with Gasteiger partial charge in [-0.3, -0.25) is 9.59 Å². The number of ketones is 2. The van der Waals surface area contributed by atoms with Crippen LogP contribution in [0.1, 0.15) is 16.8 Å². The first-order valence-electron chi connectivity index (χ1n) is 4.95. The van der Waals surface area contributed by atoms with Crippen molar-refractivity contribution in [3.05, 3.63) is 23.8 Å². The molecule has 0 radical (unpaired) electrons. The number of benzene rings is 1. The van der Waals surface area contributed by atoms with Gasteiger partial charge in [-0.05, 0) is 18.2 Å². The smallest absolute Gasteiger partial charge is 0.174 e. The number of rotatable bonds is 6. The maximum Gasteiger partial charge on any atom is 0.174 e. The van der Waals surface area contributed by atoms with Gasteiger partial charge >= 0.3 is 0 Å². The first-order valence-corrected chi connectivity index (χ1v) is 5.48. The highest BCUT2D eigenvalue weighted by atomic mass is 35.5. The highest BCUT2D eigenvalue weighted by Crippen LogP contribution is 2.25. The molecule has 1 aromatic rings. The fourth-order valence-electron chi connectivity index (χ4n) is 1.35. The molecule has 0 heterocycles. The third kappa shape index (κ3) is 3.46. The van der Waals surface area contributed by atoms with Crippen molar-refractivity contribution in [2.75, 3.05) is 20.1 Å². The molecule has 0 saturated carbocycles. The number of hydrogen-bond donors (Lipinski definition) is 0. The van der Waals surface area contributed by atoms with Crippen LogP contribution in [0.15, 0.2) is 18.2 Å². The van der Waals surface area contributed by atoms with Gasteiger partial charge in [-0.15, -0.1) is 11.6 Å². The van der Waals surface area contributed by atoms with Crippen molar-refractivity contribution in [1.82, 2.24) is 0 Å². The van der Waals surface area contributed by atoms with E-state index < -0.39 is 0 Å². The topological polar surface area (TPSA) is 52.6 Å². The summed E-state index contributed by atoms with van der Waals surface area (Å²) in [6.45, 7) is 0. The standard InChI is InChI=1S/C12H13ClO4/c1-16-9-3-4-12(17-2)10(6-9)11(15)5-8(14)7-13/h3-4,6H,5,7H2,1-2H3. The SMILES string of the molecule is COc1ccc(OC)c(C(=O)CC(=O)CCl)c1. The summed E-state index contributed by atoms with van der Waals surface area (Å²) in [5, 5.41) is 0. The highest BCUT2D eigenvalue weighted by Gasteiger charge is 2.16. The van der Waals surface area contributed by atoms with E-state index in [-0.39, 0.29) is 23.9 Å². The monoisotopic (exact) mass is 256 g/mol. The summed E-state index contributed by atoms with van der Waals surface area (Å²) in [4.78, 5) is 23.0. The molecule has 5 heteroatoms. The number of carbonyl (C=O) groups excluding carboxylic acids is 2. The third-order valence-corrected chi connectivity index (χ3v) is 2.51. The lowest BCUT2D eigenvalue weighted by molar-refractivity contribution is -0.115. The Bertz CT molecular complexity index is 429. The quantitative estimate of drug-likeness (QED) is 0.444. The lowest BCUT2D eigenvalue weighted by atomic mass is 10.0. The Hall–Kier alpha value is -1.55. The Morgan fingerprint density at radius 3 is 2.47 bits per heavy atom. The first-order chi connectivity index (χ1) is 8.12. The minimum atomic E-state index is -0.327. The van der Waals surface area contributed by atoms with Gasteiger partial charge in [0.25, 0.3) is 0 Å². The molecule has 92 valence electrons. The van der Waals surface area contributed by atoms with Gasteiger partial charge in [0.1, 0.15) is 11.5 Å². The van der Waals surface area contributed by atoms with Crippen LogP contribution in [0, 0.1) is 0 Å². The van der Waals surface area contributed by atoms with E-state index >= 15 is 0 Å². The second-order valence-corrected chi connectivity index (χ2v) is 3.61. The molecule has 0 fully saturated rings. The van der Waals surface area contributed by atoms with Crippen LogP contribution >= 0.6 is 11.6 Å². The van der Waals surface area contributed by atoms with Gasteiger partial charge in [0.2, 0.25) is 0 Å².